The molecule has 1 heterocycles. The molecule has 0 N–H and O–H groups in total. The summed E-state index contributed by atoms with van der Waals surface area (Å²) in [5, 5.41) is 0.799. The number of nitrogens with zero attached hydrogens (tertiary/aromatic N) is 1. The topological polar surface area (TPSA) is 20.3 Å². The maximum absolute atomic E-state index is 12.5. The highest BCUT2D eigenvalue weighted by atomic mass is 35.5. The Morgan fingerprint density at radius 2 is 2.14 bits per heavy atom. The number of benzene rings is 1. The molecule has 3 heteroatoms. The summed E-state index contributed by atoms with van der Waals surface area (Å²) in [6.07, 6.45) is 3.58. The van der Waals surface area contributed by atoms with Gasteiger partial charge in [-0.3, -0.25) is 4.79 Å². The van der Waals surface area contributed by atoms with Gasteiger partial charge in [-0.25, -0.2) is 0 Å². The Morgan fingerprint density at radius 1 is 1.43 bits per heavy atom. The molecule has 1 saturated heterocycles. The monoisotopic (exact) mass is 307 g/mol. The van der Waals surface area contributed by atoms with Gasteiger partial charge in [-0.15, -0.1) is 0 Å². The maximum Gasteiger partial charge on any atom is 0.135 e. The molecule has 2 rings (SSSR count). The summed E-state index contributed by atoms with van der Waals surface area (Å²) in [5.74, 6) is 0.344. The molecule has 0 saturated carbocycles. The van der Waals surface area contributed by atoms with E-state index in [1.54, 1.807) is 0 Å². The van der Waals surface area contributed by atoms with E-state index in [0.717, 1.165) is 29.1 Å². The summed E-state index contributed by atoms with van der Waals surface area (Å²) in [6.45, 7) is 7.36. The molecular formula is C18H26ClNO. The molecule has 0 aliphatic carbocycles. The quantitative estimate of drug-likeness (QED) is 0.805. The molecule has 1 aromatic rings. The van der Waals surface area contributed by atoms with Crippen LogP contribution >= 0.6 is 11.6 Å². The van der Waals surface area contributed by atoms with E-state index < -0.39 is 0 Å². The molecule has 2 nitrogen and oxygen atoms in total. The van der Waals surface area contributed by atoms with Gasteiger partial charge in [0.05, 0.1) is 0 Å². The summed E-state index contributed by atoms with van der Waals surface area (Å²) in [6, 6.07) is 6.51. The number of halogens is 1. The Balaban J connectivity index is 2.06. The lowest BCUT2D eigenvalue weighted by atomic mass is 9.78. The van der Waals surface area contributed by atoms with Gasteiger partial charge in [-0.05, 0) is 49.9 Å². The number of Topliss-reactive ketones (excluding diaryl/α,β-unsaturated/α-hetero) is 1. The van der Waals surface area contributed by atoms with Crippen LogP contribution in [0.2, 0.25) is 5.02 Å². The minimum atomic E-state index is -0.211. The molecule has 1 atom stereocenters. The van der Waals surface area contributed by atoms with Gasteiger partial charge < -0.3 is 4.90 Å². The van der Waals surface area contributed by atoms with Crippen molar-refractivity contribution in [3.63, 3.8) is 0 Å². The summed E-state index contributed by atoms with van der Waals surface area (Å²) in [7, 11) is 2.12. The summed E-state index contributed by atoms with van der Waals surface area (Å²) < 4.78 is 0. The summed E-state index contributed by atoms with van der Waals surface area (Å²) >= 11 is 6.44. The van der Waals surface area contributed by atoms with E-state index >= 15 is 0 Å². The van der Waals surface area contributed by atoms with Crippen molar-refractivity contribution in [2.45, 2.75) is 57.9 Å². The van der Waals surface area contributed by atoms with E-state index in [0.29, 0.717) is 24.7 Å². The van der Waals surface area contributed by atoms with Crippen LogP contribution in [-0.4, -0.2) is 30.3 Å². The minimum absolute atomic E-state index is 0.211. The van der Waals surface area contributed by atoms with Crippen LogP contribution in [0, 0.1) is 6.92 Å². The van der Waals surface area contributed by atoms with Crippen LogP contribution in [0.5, 0.6) is 0 Å². The fourth-order valence-electron chi connectivity index (χ4n) is 3.33. The van der Waals surface area contributed by atoms with Crippen molar-refractivity contribution in [3.8, 4) is 0 Å². The molecule has 1 aliphatic heterocycles. The predicted molar refractivity (Wildman–Crippen MR) is 89.1 cm³/mol. The molecule has 21 heavy (non-hydrogen) atoms. The molecule has 0 unspecified atom stereocenters. The van der Waals surface area contributed by atoms with Crippen molar-refractivity contribution in [2.75, 3.05) is 13.6 Å². The Labute approximate surface area is 133 Å². The average molecular weight is 308 g/mol. The first-order valence-corrected chi connectivity index (χ1v) is 8.16. The molecule has 1 fully saturated rings. The minimum Gasteiger partial charge on any atom is -0.303 e. The van der Waals surface area contributed by atoms with Crippen molar-refractivity contribution in [2.24, 2.45) is 0 Å². The Hall–Kier alpha value is -0.860. The van der Waals surface area contributed by atoms with Crippen LogP contribution in [0.1, 0.15) is 50.7 Å². The van der Waals surface area contributed by atoms with Crippen LogP contribution in [-0.2, 0) is 10.2 Å². The standard InChI is InChI=1S/C18H26ClNO/c1-13-7-5-9-16(17(13)19)18(2,3)12-15(21)11-14-8-6-10-20(14)4/h5,7,9,14H,6,8,10-12H2,1-4H3/t14-/m0/s1. The lowest BCUT2D eigenvalue weighted by Crippen LogP contribution is -2.30. The number of carbonyl (C=O) groups is 1. The zero-order valence-corrected chi connectivity index (χ0v) is 14.3. The zero-order valence-electron chi connectivity index (χ0n) is 13.6. The molecule has 0 spiro atoms. The van der Waals surface area contributed by atoms with Gasteiger partial charge in [-0.2, -0.15) is 0 Å². The van der Waals surface area contributed by atoms with Gasteiger partial charge in [0.2, 0.25) is 0 Å². The first-order chi connectivity index (χ1) is 9.81. The predicted octanol–water partition coefficient (Wildman–Crippen LogP) is 4.37. The molecule has 0 aromatic heterocycles. The fourth-order valence-corrected chi connectivity index (χ4v) is 3.71. The number of aryl methyl sites for hydroxylation is 1. The van der Waals surface area contributed by atoms with E-state index in [2.05, 4.69) is 25.8 Å². The second-order valence-electron chi connectivity index (χ2n) is 7.02. The third-order valence-electron chi connectivity index (χ3n) is 4.69. The van der Waals surface area contributed by atoms with Gasteiger partial charge in [-0.1, -0.05) is 43.6 Å². The number of hydrogen-bond donors (Lipinski definition) is 0. The van der Waals surface area contributed by atoms with Crippen molar-refractivity contribution >= 4 is 17.4 Å². The highest BCUT2D eigenvalue weighted by molar-refractivity contribution is 6.32. The van der Waals surface area contributed by atoms with Crippen molar-refractivity contribution in [1.82, 2.24) is 4.90 Å². The second kappa shape index (κ2) is 6.50. The van der Waals surface area contributed by atoms with Crippen LogP contribution in [0.4, 0.5) is 0 Å². The Kier molecular flexibility index (Phi) is 5.11. The maximum atomic E-state index is 12.5. The van der Waals surface area contributed by atoms with Gasteiger partial charge in [0.15, 0.2) is 0 Å². The van der Waals surface area contributed by atoms with E-state index in [1.165, 1.54) is 6.42 Å². The van der Waals surface area contributed by atoms with Crippen molar-refractivity contribution < 1.29 is 4.79 Å². The van der Waals surface area contributed by atoms with E-state index in [1.807, 2.05) is 25.1 Å². The third kappa shape index (κ3) is 3.87. The third-order valence-corrected chi connectivity index (χ3v) is 5.20. The SMILES string of the molecule is Cc1cccc(C(C)(C)CC(=O)C[C@@H]2CCCN2C)c1Cl. The van der Waals surface area contributed by atoms with Gasteiger partial charge >= 0.3 is 0 Å². The largest absolute Gasteiger partial charge is 0.303 e. The molecule has 116 valence electrons. The normalized spacial score (nSPS) is 20.0. The Bertz CT molecular complexity index is 524. The molecule has 0 radical (unpaired) electrons. The van der Waals surface area contributed by atoms with Gasteiger partial charge in [0.25, 0.3) is 0 Å². The molecule has 1 aromatic carbocycles. The van der Waals surface area contributed by atoms with Crippen molar-refractivity contribution in [3.05, 3.63) is 34.3 Å². The zero-order chi connectivity index (χ0) is 15.6. The van der Waals surface area contributed by atoms with E-state index in [4.69, 9.17) is 11.6 Å². The number of ketones is 1. The smallest absolute Gasteiger partial charge is 0.135 e. The number of rotatable bonds is 5. The summed E-state index contributed by atoms with van der Waals surface area (Å²) in [5.41, 5.74) is 1.94. The molecular weight excluding hydrogens is 282 g/mol. The van der Waals surface area contributed by atoms with Crippen LogP contribution in [0.25, 0.3) is 0 Å². The number of likely N-dealkylation sites (tertiary alicyclic amines) is 1. The lowest BCUT2D eigenvalue weighted by molar-refractivity contribution is -0.121. The van der Waals surface area contributed by atoms with Crippen LogP contribution in [0.15, 0.2) is 18.2 Å². The van der Waals surface area contributed by atoms with Crippen LogP contribution < -0.4 is 0 Å². The molecule has 1 aliphatic rings. The fraction of sp³-hybridized carbons (Fsp3) is 0.611. The van der Waals surface area contributed by atoms with Crippen molar-refractivity contribution in [1.29, 1.82) is 0 Å². The number of hydrogen-bond acceptors (Lipinski definition) is 2. The second-order valence-corrected chi connectivity index (χ2v) is 7.39. The van der Waals surface area contributed by atoms with Gasteiger partial charge in [0.1, 0.15) is 5.78 Å². The molecule has 0 bridgehead atoms. The number of carbonyl (C=O) groups excluding carboxylic acids is 1. The molecule has 0 amide bonds. The van der Waals surface area contributed by atoms with Gasteiger partial charge in [0, 0.05) is 23.9 Å². The Morgan fingerprint density at radius 3 is 2.76 bits per heavy atom. The summed E-state index contributed by atoms with van der Waals surface area (Å²) in [4.78, 5) is 14.8. The van der Waals surface area contributed by atoms with E-state index in [9.17, 15) is 4.79 Å². The van der Waals surface area contributed by atoms with E-state index in [-0.39, 0.29) is 5.41 Å². The highest BCUT2D eigenvalue weighted by Crippen LogP contribution is 2.35. The lowest BCUT2D eigenvalue weighted by Gasteiger charge is -2.27. The highest BCUT2D eigenvalue weighted by Gasteiger charge is 2.29. The first-order valence-electron chi connectivity index (χ1n) is 7.79. The average Bonchev–Trinajstić information content (AvgIpc) is 2.77. The first kappa shape index (κ1) is 16.5. The van der Waals surface area contributed by atoms with Crippen LogP contribution in [0.3, 0.4) is 0 Å².